The number of thiazole rings is 1. The number of carbonyl (C=O) groups excluding carboxylic acids is 2. The Bertz CT molecular complexity index is 2200. The number of aryl methyl sites for hydroxylation is 1. The number of halogens is 1. The number of anilines is 3. The van der Waals surface area contributed by atoms with Crippen molar-refractivity contribution in [1.82, 2.24) is 34.6 Å². The Balaban J connectivity index is 1.04. The number of aromatic nitrogens is 5. The summed E-state index contributed by atoms with van der Waals surface area (Å²) in [6, 6.07) is 11.1. The number of nitrogens with zero attached hydrogens (tertiary/aromatic N) is 9. The molecule has 2 saturated heterocycles. The largest absolute Gasteiger partial charge is 0.444 e. The van der Waals surface area contributed by atoms with Gasteiger partial charge in [-0.2, -0.15) is 5.26 Å². The van der Waals surface area contributed by atoms with E-state index in [0.717, 1.165) is 28.3 Å². The van der Waals surface area contributed by atoms with Gasteiger partial charge in [-0.15, -0.1) is 0 Å². The second-order valence-electron chi connectivity index (χ2n) is 14.2. The SMILES string of the molecule is CCc1nc2ccc(-c3cnc(N4CC(NC(=O)[C@H]5C[C@H](O)CN5C(=O)OC(C)(C)C)C4)nc3)cn2c1N(C)c1nc(-c2ccc(F)cc2)c(C#N)s1. The van der Waals surface area contributed by atoms with Gasteiger partial charge in [0.15, 0.2) is 5.13 Å². The Labute approximate surface area is 309 Å². The summed E-state index contributed by atoms with van der Waals surface area (Å²) in [4.78, 5) is 50.3. The van der Waals surface area contributed by atoms with Crippen LogP contribution in [0.15, 0.2) is 55.0 Å². The van der Waals surface area contributed by atoms with Crippen LogP contribution >= 0.6 is 11.3 Å². The van der Waals surface area contributed by atoms with Crippen molar-refractivity contribution < 1.29 is 23.8 Å². The normalized spacial score (nSPS) is 17.5. The van der Waals surface area contributed by atoms with Crippen LogP contribution in [0.25, 0.3) is 28.0 Å². The van der Waals surface area contributed by atoms with Gasteiger partial charge in [0.2, 0.25) is 11.9 Å². The highest BCUT2D eigenvalue weighted by Gasteiger charge is 2.42. The zero-order valence-corrected chi connectivity index (χ0v) is 30.8. The average Bonchev–Trinajstić information content (AvgIpc) is 3.83. The molecule has 274 valence electrons. The van der Waals surface area contributed by atoms with E-state index in [-0.39, 0.29) is 30.7 Å². The molecule has 2 aliphatic heterocycles. The predicted molar refractivity (Wildman–Crippen MR) is 197 cm³/mol. The first-order valence-electron chi connectivity index (χ1n) is 17.3. The number of hydrogen-bond donors (Lipinski definition) is 2. The number of carbonyl (C=O) groups is 2. The van der Waals surface area contributed by atoms with E-state index in [9.17, 15) is 24.3 Å². The van der Waals surface area contributed by atoms with Crippen molar-refractivity contribution in [3.05, 3.63) is 71.4 Å². The maximum absolute atomic E-state index is 13.6. The molecule has 0 radical (unpaired) electrons. The second-order valence-corrected chi connectivity index (χ2v) is 15.1. The number of pyridine rings is 1. The minimum atomic E-state index is -0.804. The molecule has 6 heterocycles. The highest BCUT2D eigenvalue weighted by Crippen LogP contribution is 2.37. The summed E-state index contributed by atoms with van der Waals surface area (Å²) in [7, 11) is 1.89. The lowest BCUT2D eigenvalue weighted by atomic mass is 10.1. The number of amides is 2. The molecule has 7 rings (SSSR count). The van der Waals surface area contributed by atoms with Gasteiger partial charge in [0.25, 0.3) is 0 Å². The van der Waals surface area contributed by atoms with Crippen LogP contribution in [-0.4, -0.2) is 96.8 Å². The van der Waals surface area contributed by atoms with Crippen molar-refractivity contribution in [2.24, 2.45) is 0 Å². The summed E-state index contributed by atoms with van der Waals surface area (Å²) in [5, 5.41) is 23.7. The fourth-order valence-electron chi connectivity index (χ4n) is 6.52. The van der Waals surface area contributed by atoms with Crippen molar-refractivity contribution in [2.45, 2.75) is 64.3 Å². The number of nitrogens with one attached hydrogen (secondary N) is 1. The van der Waals surface area contributed by atoms with Gasteiger partial charge in [0.1, 0.15) is 45.6 Å². The molecule has 2 atom stereocenters. The van der Waals surface area contributed by atoms with Gasteiger partial charge < -0.3 is 25.0 Å². The highest BCUT2D eigenvalue weighted by molar-refractivity contribution is 7.16. The monoisotopic (exact) mass is 738 g/mol. The van der Waals surface area contributed by atoms with Crippen molar-refractivity contribution in [3.63, 3.8) is 0 Å². The lowest BCUT2D eigenvalue weighted by molar-refractivity contribution is -0.126. The molecule has 53 heavy (non-hydrogen) atoms. The van der Waals surface area contributed by atoms with Crippen LogP contribution in [0.3, 0.4) is 0 Å². The van der Waals surface area contributed by atoms with Gasteiger partial charge in [0.05, 0.1) is 24.4 Å². The van der Waals surface area contributed by atoms with E-state index in [1.54, 1.807) is 45.3 Å². The van der Waals surface area contributed by atoms with Crippen molar-refractivity contribution in [3.8, 4) is 28.5 Å². The number of hydrogen-bond acceptors (Lipinski definition) is 12. The van der Waals surface area contributed by atoms with Crippen LogP contribution in [0.2, 0.25) is 0 Å². The van der Waals surface area contributed by atoms with E-state index in [2.05, 4.69) is 21.4 Å². The minimum Gasteiger partial charge on any atom is -0.444 e. The second kappa shape index (κ2) is 14.1. The Hall–Kier alpha value is -5.66. The van der Waals surface area contributed by atoms with E-state index in [0.29, 0.717) is 46.7 Å². The predicted octanol–water partition coefficient (Wildman–Crippen LogP) is 4.93. The summed E-state index contributed by atoms with van der Waals surface area (Å²) in [5.74, 6) is 0.646. The van der Waals surface area contributed by atoms with E-state index >= 15 is 0 Å². The molecule has 0 saturated carbocycles. The van der Waals surface area contributed by atoms with Crippen LogP contribution in [0, 0.1) is 17.1 Å². The maximum atomic E-state index is 13.6. The molecule has 16 heteroatoms. The molecule has 14 nitrogen and oxygen atoms in total. The third-order valence-electron chi connectivity index (χ3n) is 9.13. The molecule has 2 fully saturated rings. The molecule has 0 aliphatic carbocycles. The molecule has 0 spiro atoms. The average molecular weight is 739 g/mol. The first kappa shape index (κ1) is 35.7. The number of ether oxygens (including phenoxy) is 1. The Morgan fingerprint density at radius 1 is 1.08 bits per heavy atom. The smallest absolute Gasteiger partial charge is 0.411 e. The van der Waals surface area contributed by atoms with Crippen LogP contribution in [0.5, 0.6) is 0 Å². The number of benzene rings is 1. The number of aliphatic hydroxyl groups is 1. The highest BCUT2D eigenvalue weighted by atomic mass is 32.1. The van der Waals surface area contributed by atoms with E-state index in [1.165, 1.54) is 28.4 Å². The maximum Gasteiger partial charge on any atom is 0.411 e. The van der Waals surface area contributed by atoms with Crippen LogP contribution < -0.4 is 15.1 Å². The summed E-state index contributed by atoms with van der Waals surface area (Å²) >= 11 is 1.26. The number of fused-ring (bicyclic) bond motifs is 1. The van der Waals surface area contributed by atoms with E-state index < -0.39 is 23.8 Å². The lowest BCUT2D eigenvalue weighted by Crippen LogP contribution is -2.62. The number of aliphatic hydroxyl groups excluding tert-OH is 1. The first-order valence-corrected chi connectivity index (χ1v) is 18.1. The minimum absolute atomic E-state index is 0.0459. The standard InChI is InChI=1S/C37H39FN10O4S/c1-6-27-33(45(5)35-44-31(29(14-39)53-35)21-7-10-24(38)11-8-21)48-17-22(9-12-30(48)43-27)23-15-40-34(41-16-23)46-18-25(19-46)42-32(50)28-13-26(49)20-47(28)36(51)52-37(2,3)4/h7-12,15-17,25-26,28,49H,6,13,18-20H2,1-5H3,(H,42,50)/t26-,28+/m0/s1. The molecule has 0 bridgehead atoms. The third kappa shape index (κ3) is 7.22. The van der Waals surface area contributed by atoms with Gasteiger partial charge in [0, 0.05) is 61.8 Å². The topological polar surface area (TPSA) is 165 Å². The van der Waals surface area contributed by atoms with Crippen LogP contribution in [0.4, 0.5) is 26.1 Å². The zero-order valence-electron chi connectivity index (χ0n) is 29.9. The van der Waals surface area contributed by atoms with Gasteiger partial charge in [-0.05, 0) is 63.6 Å². The number of imidazole rings is 1. The number of likely N-dealkylation sites (tertiary alicyclic amines) is 1. The number of rotatable bonds is 8. The molecule has 0 unspecified atom stereocenters. The van der Waals surface area contributed by atoms with Crippen LogP contribution in [-0.2, 0) is 16.0 Å². The van der Waals surface area contributed by atoms with Gasteiger partial charge in [-0.3, -0.25) is 14.1 Å². The third-order valence-corrected chi connectivity index (χ3v) is 10.2. The fourth-order valence-corrected chi connectivity index (χ4v) is 7.36. The van der Waals surface area contributed by atoms with E-state index in [4.69, 9.17) is 14.7 Å². The fraction of sp³-hybridized carbons (Fsp3) is 0.378. The van der Waals surface area contributed by atoms with Gasteiger partial charge in [-0.1, -0.05) is 18.3 Å². The number of nitriles is 1. The Kier molecular flexibility index (Phi) is 9.47. The molecule has 2 N–H and O–H groups in total. The molecule has 1 aromatic carbocycles. The van der Waals surface area contributed by atoms with Crippen molar-refractivity contribution in [1.29, 1.82) is 5.26 Å². The molecule has 2 amide bonds. The summed E-state index contributed by atoms with van der Waals surface area (Å²) in [6.45, 7) is 8.34. The first-order chi connectivity index (χ1) is 25.3. The Morgan fingerprint density at radius 3 is 2.43 bits per heavy atom. The molecular weight excluding hydrogens is 700 g/mol. The quantitative estimate of drug-likeness (QED) is 0.222. The van der Waals surface area contributed by atoms with Crippen LogP contribution in [0.1, 0.15) is 44.7 Å². The molecular formula is C37H39FN10O4S. The van der Waals surface area contributed by atoms with Gasteiger partial charge >= 0.3 is 6.09 Å². The van der Waals surface area contributed by atoms with Gasteiger partial charge in [-0.25, -0.2) is 29.1 Å². The summed E-state index contributed by atoms with van der Waals surface area (Å²) in [6.07, 6.45) is 4.88. The molecule has 2 aliphatic rings. The molecule has 4 aromatic heterocycles. The van der Waals surface area contributed by atoms with E-state index in [1.807, 2.05) is 46.5 Å². The zero-order chi connectivity index (χ0) is 37.6. The number of β-amino-alcohol motifs (C(OH)–C–C–N with tert-alkyl or cyclic N) is 1. The summed E-state index contributed by atoms with van der Waals surface area (Å²) in [5.41, 5.74) is 3.70. The lowest BCUT2D eigenvalue weighted by Gasteiger charge is -2.40. The van der Waals surface area contributed by atoms with Crippen molar-refractivity contribution in [2.75, 3.05) is 36.5 Å². The van der Waals surface area contributed by atoms with Crippen molar-refractivity contribution >= 4 is 45.9 Å². The Morgan fingerprint density at radius 2 is 1.77 bits per heavy atom. The molecule has 5 aromatic rings. The summed E-state index contributed by atoms with van der Waals surface area (Å²) < 4.78 is 21.0.